The molecule has 0 unspecified atom stereocenters. The van der Waals surface area contributed by atoms with Crippen LogP contribution in [0.2, 0.25) is 10.0 Å². The van der Waals surface area contributed by atoms with E-state index in [0.717, 1.165) is 16.8 Å². The van der Waals surface area contributed by atoms with E-state index in [-0.39, 0.29) is 11.7 Å². The van der Waals surface area contributed by atoms with Crippen LogP contribution in [0.25, 0.3) is 5.69 Å². The number of rotatable bonds is 6. The van der Waals surface area contributed by atoms with E-state index in [1.54, 1.807) is 30.4 Å². The van der Waals surface area contributed by atoms with Crippen molar-refractivity contribution in [2.24, 2.45) is 0 Å². The van der Waals surface area contributed by atoms with Crippen LogP contribution in [-0.4, -0.2) is 38.4 Å². The maximum absolute atomic E-state index is 12.5. The molecule has 0 saturated carbocycles. The molecule has 2 aromatic carbocycles. The number of amides is 1. The number of hydrogen-bond acceptors (Lipinski definition) is 4. The second-order valence-electron chi connectivity index (χ2n) is 6.56. The third kappa shape index (κ3) is 4.87. The molecule has 1 aromatic heterocycles. The fraction of sp³-hybridized carbons (Fsp3) is 0.250. The van der Waals surface area contributed by atoms with E-state index in [0.29, 0.717) is 21.7 Å². The summed E-state index contributed by atoms with van der Waals surface area (Å²) < 4.78 is 1.91. The molecule has 0 bridgehead atoms. The van der Waals surface area contributed by atoms with E-state index in [1.165, 1.54) is 17.3 Å². The lowest BCUT2D eigenvalue weighted by molar-refractivity contribution is -0.127. The van der Waals surface area contributed by atoms with Crippen LogP contribution < -0.4 is 0 Å². The first-order valence-corrected chi connectivity index (χ1v) is 10.4. The van der Waals surface area contributed by atoms with E-state index in [1.807, 2.05) is 29.7 Å². The Balaban J connectivity index is 1.65. The molecule has 28 heavy (non-hydrogen) atoms. The standard InChI is InChI=1S/C20H20Cl2N4OS/c1-13-4-7-18(14(2)8-13)26-12-23-24-20(26)28-11-19(27)25(3)10-15-5-6-16(21)17(22)9-15/h4-9,12H,10-11H2,1-3H3. The highest BCUT2D eigenvalue weighted by molar-refractivity contribution is 7.99. The Bertz CT molecular complexity index is 1010. The third-order valence-electron chi connectivity index (χ3n) is 4.28. The van der Waals surface area contributed by atoms with E-state index < -0.39 is 0 Å². The largest absolute Gasteiger partial charge is 0.341 e. The lowest BCUT2D eigenvalue weighted by atomic mass is 10.1. The Labute approximate surface area is 178 Å². The molecule has 8 heteroatoms. The molecule has 1 heterocycles. The van der Waals surface area contributed by atoms with Gasteiger partial charge in [-0.25, -0.2) is 0 Å². The second kappa shape index (κ2) is 8.99. The molecule has 0 spiro atoms. The van der Waals surface area contributed by atoms with Crippen molar-refractivity contribution >= 4 is 40.9 Å². The molecule has 0 atom stereocenters. The summed E-state index contributed by atoms with van der Waals surface area (Å²) in [6.07, 6.45) is 1.67. The minimum atomic E-state index is -0.00810. The smallest absolute Gasteiger partial charge is 0.233 e. The van der Waals surface area contributed by atoms with Crippen molar-refractivity contribution in [1.29, 1.82) is 0 Å². The summed E-state index contributed by atoms with van der Waals surface area (Å²) in [5, 5.41) is 9.84. The first-order chi connectivity index (χ1) is 13.3. The topological polar surface area (TPSA) is 51.0 Å². The molecule has 146 valence electrons. The summed E-state index contributed by atoms with van der Waals surface area (Å²) in [7, 11) is 1.76. The molecule has 0 saturated heterocycles. The summed E-state index contributed by atoms with van der Waals surface area (Å²) >= 11 is 13.4. The monoisotopic (exact) mass is 434 g/mol. The molecule has 0 aliphatic heterocycles. The fourth-order valence-electron chi connectivity index (χ4n) is 2.80. The Morgan fingerprint density at radius 1 is 1.14 bits per heavy atom. The number of thioether (sulfide) groups is 1. The summed E-state index contributed by atoms with van der Waals surface area (Å²) in [5.74, 6) is 0.257. The van der Waals surface area contributed by atoms with E-state index in [4.69, 9.17) is 23.2 Å². The molecule has 0 N–H and O–H groups in total. The molecule has 1 amide bonds. The molecule has 0 radical (unpaired) electrons. The Kier molecular flexibility index (Phi) is 6.65. The number of halogens is 2. The van der Waals surface area contributed by atoms with Crippen LogP contribution in [0, 0.1) is 13.8 Å². The summed E-state index contributed by atoms with van der Waals surface area (Å²) in [5.41, 5.74) is 4.26. The van der Waals surface area contributed by atoms with Crippen molar-refractivity contribution in [3.63, 3.8) is 0 Å². The maximum Gasteiger partial charge on any atom is 0.233 e. The highest BCUT2D eigenvalue weighted by Crippen LogP contribution is 2.24. The zero-order valence-corrected chi connectivity index (χ0v) is 18.1. The van der Waals surface area contributed by atoms with Crippen LogP contribution >= 0.6 is 35.0 Å². The van der Waals surface area contributed by atoms with Gasteiger partial charge in [0.15, 0.2) is 5.16 Å². The molecule has 0 aliphatic carbocycles. The first kappa shape index (κ1) is 20.7. The van der Waals surface area contributed by atoms with Crippen LogP contribution in [0.3, 0.4) is 0 Å². The summed E-state index contributed by atoms with van der Waals surface area (Å²) in [6.45, 7) is 4.56. The van der Waals surface area contributed by atoms with Gasteiger partial charge < -0.3 is 4.90 Å². The number of hydrogen-bond donors (Lipinski definition) is 0. The number of carbonyl (C=O) groups excluding carboxylic acids is 1. The van der Waals surface area contributed by atoms with E-state index in [9.17, 15) is 4.79 Å². The van der Waals surface area contributed by atoms with Crippen molar-refractivity contribution < 1.29 is 4.79 Å². The maximum atomic E-state index is 12.5. The van der Waals surface area contributed by atoms with Crippen LogP contribution in [0.15, 0.2) is 47.9 Å². The third-order valence-corrected chi connectivity index (χ3v) is 5.95. The van der Waals surface area contributed by atoms with E-state index in [2.05, 4.69) is 23.2 Å². The lowest BCUT2D eigenvalue weighted by Gasteiger charge is -2.17. The molecule has 5 nitrogen and oxygen atoms in total. The zero-order valence-electron chi connectivity index (χ0n) is 15.8. The van der Waals surface area contributed by atoms with Gasteiger partial charge in [-0.1, -0.05) is 58.7 Å². The van der Waals surface area contributed by atoms with Gasteiger partial charge in [-0.05, 0) is 43.2 Å². The van der Waals surface area contributed by atoms with Crippen LogP contribution in [0.4, 0.5) is 0 Å². The molecular formula is C20H20Cl2N4OS. The SMILES string of the molecule is Cc1ccc(-n2cnnc2SCC(=O)N(C)Cc2ccc(Cl)c(Cl)c2)c(C)c1. The predicted molar refractivity (Wildman–Crippen MR) is 114 cm³/mol. The summed E-state index contributed by atoms with van der Waals surface area (Å²) in [4.78, 5) is 14.2. The summed E-state index contributed by atoms with van der Waals surface area (Å²) in [6, 6.07) is 11.6. The lowest BCUT2D eigenvalue weighted by Crippen LogP contribution is -2.27. The predicted octanol–water partition coefficient (Wildman–Crippen LogP) is 4.94. The Morgan fingerprint density at radius 2 is 1.93 bits per heavy atom. The van der Waals surface area contributed by atoms with Crippen LogP contribution in [0.5, 0.6) is 0 Å². The highest BCUT2D eigenvalue weighted by atomic mass is 35.5. The minimum absolute atomic E-state index is 0.00810. The molecular weight excluding hydrogens is 415 g/mol. The minimum Gasteiger partial charge on any atom is -0.341 e. The van der Waals surface area contributed by atoms with Crippen LogP contribution in [-0.2, 0) is 11.3 Å². The number of nitrogens with zero attached hydrogens (tertiary/aromatic N) is 4. The van der Waals surface area contributed by atoms with Crippen molar-refractivity contribution in [3.8, 4) is 5.69 Å². The van der Waals surface area contributed by atoms with Crippen molar-refractivity contribution in [1.82, 2.24) is 19.7 Å². The second-order valence-corrected chi connectivity index (χ2v) is 8.32. The zero-order chi connectivity index (χ0) is 20.3. The molecule has 0 fully saturated rings. The molecule has 3 aromatic rings. The highest BCUT2D eigenvalue weighted by Gasteiger charge is 2.15. The van der Waals surface area contributed by atoms with Crippen molar-refractivity contribution in [2.75, 3.05) is 12.8 Å². The molecule has 3 rings (SSSR count). The van der Waals surface area contributed by atoms with E-state index >= 15 is 0 Å². The Morgan fingerprint density at radius 3 is 2.64 bits per heavy atom. The Hall–Kier alpha value is -2.02. The van der Waals surface area contributed by atoms with Gasteiger partial charge in [0, 0.05) is 13.6 Å². The van der Waals surface area contributed by atoms with Gasteiger partial charge in [0.1, 0.15) is 6.33 Å². The number of aromatic nitrogens is 3. The number of carbonyl (C=O) groups is 1. The van der Waals surface area contributed by atoms with Gasteiger partial charge in [-0.15, -0.1) is 10.2 Å². The van der Waals surface area contributed by atoms with Gasteiger partial charge in [-0.2, -0.15) is 0 Å². The van der Waals surface area contributed by atoms with Gasteiger partial charge in [0.2, 0.25) is 5.91 Å². The first-order valence-electron chi connectivity index (χ1n) is 8.63. The van der Waals surface area contributed by atoms with Gasteiger partial charge in [0.25, 0.3) is 0 Å². The van der Waals surface area contributed by atoms with Crippen LogP contribution in [0.1, 0.15) is 16.7 Å². The fourth-order valence-corrected chi connectivity index (χ4v) is 3.98. The van der Waals surface area contributed by atoms with Gasteiger partial charge in [0.05, 0.1) is 21.5 Å². The number of aryl methyl sites for hydroxylation is 2. The van der Waals surface area contributed by atoms with Gasteiger partial charge >= 0.3 is 0 Å². The van der Waals surface area contributed by atoms with Gasteiger partial charge in [-0.3, -0.25) is 9.36 Å². The van der Waals surface area contributed by atoms with Crippen molar-refractivity contribution in [2.45, 2.75) is 25.5 Å². The molecule has 0 aliphatic rings. The van der Waals surface area contributed by atoms with Crippen molar-refractivity contribution in [3.05, 3.63) is 69.5 Å². The normalized spacial score (nSPS) is 10.9. The number of benzene rings is 2. The average molecular weight is 435 g/mol. The average Bonchev–Trinajstić information content (AvgIpc) is 3.11. The quantitative estimate of drug-likeness (QED) is 0.515.